The van der Waals surface area contributed by atoms with Crippen LogP contribution in [0.15, 0.2) is 18.6 Å². The molecule has 2 aromatic heterocycles. The van der Waals surface area contributed by atoms with E-state index >= 15 is 0 Å². The predicted molar refractivity (Wildman–Crippen MR) is 81.9 cm³/mol. The van der Waals surface area contributed by atoms with Crippen LogP contribution in [0.2, 0.25) is 0 Å². The van der Waals surface area contributed by atoms with E-state index in [-0.39, 0.29) is 5.91 Å². The van der Waals surface area contributed by atoms with Gasteiger partial charge in [-0.05, 0) is 18.9 Å². The highest BCUT2D eigenvalue weighted by molar-refractivity contribution is 5.96. The molecule has 21 heavy (non-hydrogen) atoms. The summed E-state index contributed by atoms with van der Waals surface area (Å²) in [6.07, 6.45) is 6.48. The van der Waals surface area contributed by atoms with Crippen LogP contribution in [0.5, 0.6) is 5.88 Å². The van der Waals surface area contributed by atoms with Gasteiger partial charge in [0, 0.05) is 24.4 Å². The summed E-state index contributed by atoms with van der Waals surface area (Å²) in [6.45, 7) is 7.21. The fraction of sp³-hybridized carbons (Fsp3) is 0.400. The Labute approximate surface area is 123 Å². The maximum absolute atomic E-state index is 11.5. The highest BCUT2D eigenvalue weighted by atomic mass is 16.5. The number of nitrogens with one attached hydrogen (secondary N) is 2. The van der Waals surface area contributed by atoms with E-state index in [2.05, 4.69) is 34.1 Å². The lowest BCUT2D eigenvalue weighted by Crippen LogP contribution is -2.19. The lowest BCUT2D eigenvalue weighted by Gasteiger charge is -2.08. The van der Waals surface area contributed by atoms with E-state index < -0.39 is 0 Å². The van der Waals surface area contributed by atoms with E-state index in [1.54, 1.807) is 12.3 Å². The maximum atomic E-state index is 11.5. The van der Waals surface area contributed by atoms with E-state index in [9.17, 15) is 4.79 Å². The number of ether oxygens (including phenoxy) is 1. The number of hydrogen-bond acceptors (Lipinski definition) is 4. The van der Waals surface area contributed by atoms with Crippen molar-refractivity contribution >= 4 is 23.0 Å². The molecular weight excluding hydrogens is 268 g/mol. The van der Waals surface area contributed by atoms with Gasteiger partial charge in [-0.1, -0.05) is 13.8 Å². The smallest absolute Gasteiger partial charge is 0.243 e. The number of amides is 1. The molecule has 112 valence electrons. The molecule has 0 aliphatic carbocycles. The lowest BCUT2D eigenvalue weighted by atomic mass is 10.2. The number of hydrogen-bond donors (Lipinski definition) is 2. The fourth-order valence-corrected chi connectivity index (χ4v) is 1.84. The van der Waals surface area contributed by atoms with Crippen LogP contribution >= 0.6 is 0 Å². The Morgan fingerprint density at radius 1 is 1.48 bits per heavy atom. The Balaban J connectivity index is 2.30. The SMILES string of the molecule is CCNC(=O)/C=C/c1c[nH]c2ncnc(OCC(C)C)c12. The minimum Gasteiger partial charge on any atom is -0.477 e. The van der Waals surface area contributed by atoms with Gasteiger partial charge < -0.3 is 15.0 Å². The molecule has 2 N–H and O–H groups in total. The van der Waals surface area contributed by atoms with Gasteiger partial charge in [-0.3, -0.25) is 4.79 Å². The second-order valence-electron chi connectivity index (χ2n) is 5.08. The molecule has 6 nitrogen and oxygen atoms in total. The van der Waals surface area contributed by atoms with Crippen molar-refractivity contribution in [1.82, 2.24) is 20.3 Å². The van der Waals surface area contributed by atoms with E-state index in [0.29, 0.717) is 30.6 Å². The molecule has 2 heterocycles. The van der Waals surface area contributed by atoms with Crippen LogP contribution in [0.1, 0.15) is 26.3 Å². The third kappa shape index (κ3) is 3.81. The van der Waals surface area contributed by atoms with Crippen LogP contribution in [-0.2, 0) is 4.79 Å². The molecule has 0 aliphatic heterocycles. The van der Waals surface area contributed by atoms with Crippen molar-refractivity contribution < 1.29 is 9.53 Å². The first-order valence-electron chi connectivity index (χ1n) is 7.02. The minimum absolute atomic E-state index is 0.131. The monoisotopic (exact) mass is 288 g/mol. The van der Waals surface area contributed by atoms with Crippen molar-refractivity contribution in [2.24, 2.45) is 5.92 Å². The molecule has 0 unspecified atom stereocenters. The molecule has 0 aromatic carbocycles. The average Bonchev–Trinajstić information content (AvgIpc) is 2.87. The first-order valence-corrected chi connectivity index (χ1v) is 7.02. The number of H-pyrrole nitrogens is 1. The topological polar surface area (TPSA) is 79.9 Å². The number of nitrogens with zero attached hydrogens (tertiary/aromatic N) is 2. The zero-order valence-corrected chi connectivity index (χ0v) is 12.5. The number of fused-ring (bicyclic) bond motifs is 1. The van der Waals surface area contributed by atoms with Crippen LogP contribution in [0.4, 0.5) is 0 Å². The van der Waals surface area contributed by atoms with Crippen molar-refractivity contribution in [2.75, 3.05) is 13.2 Å². The lowest BCUT2D eigenvalue weighted by molar-refractivity contribution is -0.116. The molecule has 2 rings (SSSR count). The molecule has 0 atom stereocenters. The zero-order valence-electron chi connectivity index (χ0n) is 12.5. The first kappa shape index (κ1) is 15.0. The normalized spacial score (nSPS) is 11.4. The van der Waals surface area contributed by atoms with Crippen LogP contribution in [0.3, 0.4) is 0 Å². The largest absolute Gasteiger partial charge is 0.477 e. The Bertz CT molecular complexity index is 646. The van der Waals surface area contributed by atoms with Crippen molar-refractivity contribution in [2.45, 2.75) is 20.8 Å². The molecule has 0 radical (unpaired) electrons. The minimum atomic E-state index is -0.131. The second-order valence-corrected chi connectivity index (χ2v) is 5.08. The second kappa shape index (κ2) is 6.88. The Kier molecular flexibility index (Phi) is 4.92. The number of aromatic amines is 1. The summed E-state index contributed by atoms with van der Waals surface area (Å²) in [5, 5.41) is 3.50. The van der Waals surface area contributed by atoms with Crippen LogP contribution in [0, 0.1) is 5.92 Å². The molecule has 1 amide bonds. The summed E-state index contributed by atoms with van der Waals surface area (Å²) >= 11 is 0. The molecule has 0 saturated heterocycles. The van der Waals surface area contributed by atoms with Crippen molar-refractivity contribution in [1.29, 1.82) is 0 Å². The molecule has 2 aromatic rings. The highest BCUT2D eigenvalue weighted by Crippen LogP contribution is 2.26. The van der Waals surface area contributed by atoms with E-state index in [1.807, 2.05) is 6.92 Å². The molecule has 0 bridgehead atoms. The molecule has 0 saturated carbocycles. The summed E-state index contributed by atoms with van der Waals surface area (Å²) in [7, 11) is 0. The summed E-state index contributed by atoms with van der Waals surface area (Å²) in [5.41, 5.74) is 1.52. The number of carbonyl (C=O) groups excluding carboxylic acids is 1. The highest BCUT2D eigenvalue weighted by Gasteiger charge is 2.11. The van der Waals surface area contributed by atoms with E-state index in [0.717, 1.165) is 10.9 Å². The third-order valence-corrected chi connectivity index (χ3v) is 2.78. The van der Waals surface area contributed by atoms with Gasteiger partial charge in [0.15, 0.2) is 0 Å². The van der Waals surface area contributed by atoms with Gasteiger partial charge in [0.2, 0.25) is 11.8 Å². The molecular formula is C15H20N4O2. The molecule has 6 heteroatoms. The summed E-state index contributed by atoms with van der Waals surface area (Å²) < 4.78 is 5.73. The van der Waals surface area contributed by atoms with Crippen molar-refractivity contribution in [3.8, 4) is 5.88 Å². The first-order chi connectivity index (χ1) is 10.1. The van der Waals surface area contributed by atoms with Gasteiger partial charge in [0.05, 0.1) is 12.0 Å². The number of aromatic nitrogens is 3. The number of rotatable bonds is 6. The van der Waals surface area contributed by atoms with Crippen molar-refractivity contribution in [3.63, 3.8) is 0 Å². The van der Waals surface area contributed by atoms with Gasteiger partial charge in [-0.25, -0.2) is 9.97 Å². The van der Waals surface area contributed by atoms with Gasteiger partial charge in [0.25, 0.3) is 0 Å². The van der Waals surface area contributed by atoms with Gasteiger partial charge in [-0.15, -0.1) is 0 Å². The third-order valence-electron chi connectivity index (χ3n) is 2.78. The maximum Gasteiger partial charge on any atom is 0.243 e. The van der Waals surface area contributed by atoms with Gasteiger partial charge in [0.1, 0.15) is 12.0 Å². The Morgan fingerprint density at radius 2 is 2.29 bits per heavy atom. The number of likely N-dealkylation sites (N-methyl/N-ethyl adjacent to an activating group) is 1. The molecule has 0 aliphatic rings. The standard InChI is InChI=1S/C15H20N4O2/c1-4-16-12(20)6-5-11-7-17-14-13(11)15(19-9-18-14)21-8-10(2)3/h5-7,9-10H,4,8H2,1-3H3,(H,16,20)(H,17,18,19)/b6-5+. The summed E-state index contributed by atoms with van der Waals surface area (Å²) in [5.74, 6) is 0.808. The molecule has 0 spiro atoms. The average molecular weight is 288 g/mol. The number of carbonyl (C=O) groups is 1. The quantitative estimate of drug-likeness (QED) is 0.798. The van der Waals surface area contributed by atoms with Crippen LogP contribution < -0.4 is 10.1 Å². The van der Waals surface area contributed by atoms with E-state index in [1.165, 1.54) is 12.4 Å². The zero-order chi connectivity index (χ0) is 15.2. The fourth-order valence-electron chi connectivity index (χ4n) is 1.84. The summed E-state index contributed by atoms with van der Waals surface area (Å²) in [4.78, 5) is 22.9. The van der Waals surface area contributed by atoms with Crippen LogP contribution in [0.25, 0.3) is 17.1 Å². The van der Waals surface area contributed by atoms with Gasteiger partial charge in [-0.2, -0.15) is 0 Å². The Hall–Kier alpha value is -2.37. The Morgan fingerprint density at radius 3 is 3.00 bits per heavy atom. The van der Waals surface area contributed by atoms with Crippen LogP contribution in [-0.4, -0.2) is 34.0 Å². The summed E-state index contributed by atoms with van der Waals surface area (Å²) in [6, 6.07) is 0. The van der Waals surface area contributed by atoms with Crippen molar-refractivity contribution in [3.05, 3.63) is 24.2 Å². The molecule has 0 fully saturated rings. The predicted octanol–water partition coefficient (Wildman–Crippen LogP) is 2.14. The van der Waals surface area contributed by atoms with Gasteiger partial charge >= 0.3 is 0 Å². The van der Waals surface area contributed by atoms with E-state index in [4.69, 9.17) is 4.74 Å².